The number of nitrogens with one attached hydrogen (secondary N) is 2. The van der Waals surface area contributed by atoms with Crippen molar-refractivity contribution < 1.29 is 19.8 Å². The van der Waals surface area contributed by atoms with Crippen molar-refractivity contribution in [2.75, 3.05) is 10.6 Å². The average Bonchev–Trinajstić information content (AvgIpc) is 3.22. The van der Waals surface area contributed by atoms with Crippen molar-refractivity contribution in [2.45, 2.75) is 44.6 Å². The maximum absolute atomic E-state index is 12.5. The van der Waals surface area contributed by atoms with Gasteiger partial charge in [0.1, 0.15) is 5.01 Å². The van der Waals surface area contributed by atoms with Gasteiger partial charge in [-0.25, -0.2) is 4.79 Å². The van der Waals surface area contributed by atoms with Crippen LogP contribution in [0.1, 0.15) is 53.0 Å². The Kier molecular flexibility index (Phi) is 8.56. The molecule has 1 saturated carbocycles. The largest absolute Gasteiger partial charge is 0.503 e. The number of anilines is 2. The first kappa shape index (κ1) is 23.2. The first-order valence-electron chi connectivity index (χ1n) is 10.5. The van der Waals surface area contributed by atoms with Crippen LogP contribution >= 0.6 is 11.3 Å². The molecule has 0 spiro atoms. The van der Waals surface area contributed by atoms with E-state index >= 15 is 0 Å². The van der Waals surface area contributed by atoms with Crippen molar-refractivity contribution in [3.63, 3.8) is 0 Å². The van der Waals surface area contributed by atoms with Gasteiger partial charge in [-0.2, -0.15) is 0 Å². The van der Waals surface area contributed by atoms with Crippen molar-refractivity contribution in [3.05, 3.63) is 70.7 Å². The molecule has 1 fully saturated rings. The number of nitrogens with zero attached hydrogens (tertiary/aromatic N) is 2. The summed E-state index contributed by atoms with van der Waals surface area (Å²) < 4.78 is 0. The van der Waals surface area contributed by atoms with Crippen molar-refractivity contribution >= 4 is 34.2 Å². The lowest BCUT2D eigenvalue weighted by atomic mass is 9.95. The van der Waals surface area contributed by atoms with E-state index in [0.717, 1.165) is 17.1 Å². The smallest absolute Gasteiger partial charge is 0.450 e. The summed E-state index contributed by atoms with van der Waals surface area (Å²) in [5.41, 5.74) is 2.87. The van der Waals surface area contributed by atoms with E-state index in [9.17, 15) is 4.79 Å². The Morgan fingerprint density at radius 3 is 2.25 bits per heavy atom. The summed E-state index contributed by atoms with van der Waals surface area (Å²) in [7, 11) is 0. The molecule has 1 amide bonds. The molecule has 0 saturated heterocycles. The monoisotopic (exact) mass is 454 g/mol. The molecule has 1 aliphatic rings. The molecule has 0 bridgehead atoms. The predicted molar refractivity (Wildman–Crippen MR) is 125 cm³/mol. The van der Waals surface area contributed by atoms with E-state index in [1.54, 1.807) is 0 Å². The second-order valence-electron chi connectivity index (χ2n) is 7.46. The molecule has 0 unspecified atom stereocenters. The highest BCUT2D eigenvalue weighted by atomic mass is 32.1. The molecule has 0 atom stereocenters. The van der Waals surface area contributed by atoms with E-state index < -0.39 is 6.16 Å². The van der Waals surface area contributed by atoms with Gasteiger partial charge >= 0.3 is 6.16 Å². The van der Waals surface area contributed by atoms with Crippen molar-refractivity contribution in [2.24, 2.45) is 0 Å². The minimum Gasteiger partial charge on any atom is -0.450 e. The number of rotatable bonds is 6. The number of carbonyl (C=O) groups is 2. The maximum atomic E-state index is 12.5. The standard InChI is InChI=1S/C22H24N4OS.CH2O3/c27-21(17-11-13-19(14-12-17)23-18-9-5-2-6-10-18)24-22-26-25-20(28-22)15-16-7-3-1-4-8-16;2-1(3)4/h1,3-4,7-8,11-14,18,23H,2,5-6,9-10,15H2,(H,24,26,27);(H2,2,3,4). The van der Waals surface area contributed by atoms with Gasteiger partial charge in [-0.1, -0.05) is 60.9 Å². The van der Waals surface area contributed by atoms with Gasteiger partial charge in [0, 0.05) is 23.7 Å². The second kappa shape index (κ2) is 11.8. The van der Waals surface area contributed by atoms with Crippen LogP contribution in [0.4, 0.5) is 15.6 Å². The summed E-state index contributed by atoms with van der Waals surface area (Å²) in [4.78, 5) is 21.0. The molecular weight excluding hydrogens is 428 g/mol. The van der Waals surface area contributed by atoms with Gasteiger partial charge in [0.2, 0.25) is 5.13 Å². The quantitative estimate of drug-likeness (QED) is 0.396. The zero-order valence-electron chi connectivity index (χ0n) is 17.5. The van der Waals surface area contributed by atoms with Crippen LogP contribution in [0, 0.1) is 0 Å². The van der Waals surface area contributed by atoms with Crippen LogP contribution in [0.25, 0.3) is 0 Å². The lowest BCUT2D eigenvalue weighted by Gasteiger charge is -2.23. The Bertz CT molecular complexity index is 998. The van der Waals surface area contributed by atoms with Gasteiger partial charge in [-0.3, -0.25) is 10.1 Å². The third-order valence-electron chi connectivity index (χ3n) is 5.01. The SMILES string of the molecule is O=C(Nc1nnc(Cc2ccccc2)s1)c1ccc(NC2CCCCC2)cc1.O=C(O)O. The Morgan fingerprint density at radius 1 is 0.938 bits per heavy atom. The second-order valence-corrected chi connectivity index (χ2v) is 8.52. The number of carbonyl (C=O) groups excluding carboxylic acids is 1. The van der Waals surface area contributed by atoms with Crippen LogP contribution in [0.5, 0.6) is 0 Å². The predicted octanol–water partition coefficient (Wildman–Crippen LogP) is 5.35. The van der Waals surface area contributed by atoms with Crippen molar-refractivity contribution in [1.82, 2.24) is 10.2 Å². The van der Waals surface area contributed by atoms with E-state index in [4.69, 9.17) is 15.0 Å². The van der Waals surface area contributed by atoms with E-state index in [1.165, 1.54) is 49.0 Å². The number of hydrogen-bond acceptors (Lipinski definition) is 6. The molecule has 168 valence electrons. The zero-order chi connectivity index (χ0) is 22.8. The normalized spacial score (nSPS) is 13.5. The number of hydrogen-bond donors (Lipinski definition) is 4. The molecule has 8 nitrogen and oxygen atoms in total. The van der Waals surface area contributed by atoms with Crippen LogP contribution in [-0.2, 0) is 6.42 Å². The first-order valence-corrected chi connectivity index (χ1v) is 11.3. The van der Waals surface area contributed by atoms with Crippen LogP contribution in [0.2, 0.25) is 0 Å². The minimum absolute atomic E-state index is 0.161. The minimum atomic E-state index is -1.83. The summed E-state index contributed by atoms with van der Waals surface area (Å²) in [6.07, 6.45) is 5.28. The molecule has 1 aromatic heterocycles. The van der Waals surface area contributed by atoms with Gasteiger partial charge in [0.15, 0.2) is 0 Å². The third kappa shape index (κ3) is 7.66. The fourth-order valence-corrected chi connectivity index (χ4v) is 4.28. The fourth-order valence-electron chi connectivity index (χ4n) is 3.52. The highest BCUT2D eigenvalue weighted by molar-refractivity contribution is 7.15. The van der Waals surface area contributed by atoms with Crippen LogP contribution in [0.15, 0.2) is 54.6 Å². The van der Waals surface area contributed by atoms with Gasteiger partial charge < -0.3 is 15.5 Å². The number of aromatic nitrogens is 2. The highest BCUT2D eigenvalue weighted by Crippen LogP contribution is 2.23. The summed E-state index contributed by atoms with van der Waals surface area (Å²) in [6, 6.07) is 18.3. The molecule has 4 rings (SSSR count). The molecule has 0 aliphatic heterocycles. The zero-order valence-corrected chi connectivity index (χ0v) is 18.3. The molecule has 9 heteroatoms. The number of carboxylic acid groups (broad SMARTS) is 2. The first-order chi connectivity index (χ1) is 15.5. The van der Waals surface area contributed by atoms with Crippen molar-refractivity contribution in [3.8, 4) is 0 Å². The summed E-state index contributed by atoms with van der Waals surface area (Å²) in [5, 5.41) is 30.1. The Hall–Kier alpha value is -3.46. The van der Waals surface area contributed by atoms with E-state index in [1.807, 2.05) is 42.5 Å². The molecule has 1 heterocycles. The van der Waals surface area contributed by atoms with Crippen LogP contribution in [0.3, 0.4) is 0 Å². The third-order valence-corrected chi connectivity index (χ3v) is 5.85. The number of amides is 1. The fraction of sp³-hybridized carbons (Fsp3) is 0.304. The lowest BCUT2D eigenvalue weighted by Crippen LogP contribution is -2.22. The van der Waals surface area contributed by atoms with Gasteiger partial charge in [-0.15, -0.1) is 10.2 Å². The molecular formula is C23H26N4O4S. The molecule has 32 heavy (non-hydrogen) atoms. The highest BCUT2D eigenvalue weighted by Gasteiger charge is 2.14. The Morgan fingerprint density at radius 2 is 1.59 bits per heavy atom. The van der Waals surface area contributed by atoms with Gasteiger partial charge in [0.05, 0.1) is 0 Å². The Labute approximate surface area is 190 Å². The molecule has 1 aliphatic carbocycles. The lowest BCUT2D eigenvalue weighted by molar-refractivity contribution is 0.102. The Balaban J connectivity index is 0.000000668. The molecule has 4 N–H and O–H groups in total. The van der Waals surface area contributed by atoms with Gasteiger partial charge in [-0.05, 0) is 42.7 Å². The summed E-state index contributed by atoms with van der Waals surface area (Å²) in [5.74, 6) is -0.161. The molecule has 3 aromatic rings. The van der Waals surface area contributed by atoms with E-state index in [-0.39, 0.29) is 5.91 Å². The van der Waals surface area contributed by atoms with Crippen LogP contribution < -0.4 is 10.6 Å². The topological polar surface area (TPSA) is 124 Å². The van der Waals surface area contributed by atoms with E-state index in [2.05, 4.69) is 33.0 Å². The summed E-state index contributed by atoms with van der Waals surface area (Å²) in [6.45, 7) is 0. The van der Waals surface area contributed by atoms with Gasteiger partial charge in [0.25, 0.3) is 5.91 Å². The molecule has 2 aromatic carbocycles. The van der Waals surface area contributed by atoms with Crippen LogP contribution in [-0.4, -0.2) is 38.5 Å². The summed E-state index contributed by atoms with van der Waals surface area (Å²) >= 11 is 1.41. The number of benzene rings is 2. The maximum Gasteiger partial charge on any atom is 0.503 e. The average molecular weight is 455 g/mol. The van der Waals surface area contributed by atoms with E-state index in [0.29, 0.717) is 16.7 Å². The van der Waals surface area contributed by atoms with Crippen molar-refractivity contribution in [1.29, 1.82) is 0 Å². The molecule has 0 radical (unpaired) electrons.